The van der Waals surface area contributed by atoms with Gasteiger partial charge in [0.25, 0.3) is 0 Å². The predicted octanol–water partition coefficient (Wildman–Crippen LogP) is 6.25. The number of esters is 1. The number of imidazole rings is 1. The van der Waals surface area contributed by atoms with E-state index in [0.717, 1.165) is 41.6 Å². The zero-order valence-electron chi connectivity index (χ0n) is 21.1. The first-order valence-electron chi connectivity index (χ1n) is 12.7. The first kappa shape index (κ1) is 24.6. The molecule has 7 nitrogen and oxygen atoms in total. The fourth-order valence-corrected chi connectivity index (χ4v) is 4.51. The van der Waals surface area contributed by atoms with Crippen LogP contribution in [0.15, 0.2) is 53.7 Å². The van der Waals surface area contributed by atoms with E-state index in [9.17, 15) is 4.79 Å². The number of anilines is 1. The van der Waals surface area contributed by atoms with Crippen molar-refractivity contribution < 1.29 is 19.0 Å². The molecule has 0 bridgehead atoms. The molecule has 0 spiro atoms. The number of benzene rings is 2. The van der Waals surface area contributed by atoms with Gasteiger partial charge in [-0.25, -0.2) is 9.78 Å². The summed E-state index contributed by atoms with van der Waals surface area (Å²) in [5.41, 5.74) is 4.18. The van der Waals surface area contributed by atoms with E-state index in [4.69, 9.17) is 19.2 Å². The molecule has 0 aliphatic carbocycles. The smallest absolute Gasteiger partial charge is 0.338 e. The van der Waals surface area contributed by atoms with Crippen molar-refractivity contribution in [3.63, 3.8) is 0 Å². The molecular formula is C28H35N3O4. The van der Waals surface area contributed by atoms with Gasteiger partial charge < -0.3 is 19.5 Å². The Hall–Kier alpha value is -3.48. The number of fused-ring (bicyclic) bond motifs is 3. The highest BCUT2D eigenvalue weighted by Crippen LogP contribution is 2.42. The molecule has 0 saturated heterocycles. The van der Waals surface area contributed by atoms with Gasteiger partial charge in [0.1, 0.15) is 0 Å². The Kier molecular flexibility index (Phi) is 7.95. The van der Waals surface area contributed by atoms with E-state index >= 15 is 0 Å². The van der Waals surface area contributed by atoms with E-state index in [1.807, 2.05) is 56.3 Å². The topological polar surface area (TPSA) is 74.6 Å². The number of ether oxygens (including phenoxy) is 3. The molecule has 2 aromatic carbocycles. The van der Waals surface area contributed by atoms with Gasteiger partial charge in [-0.3, -0.25) is 4.57 Å². The molecule has 186 valence electrons. The number of hydrogen-bond donors (Lipinski definition) is 1. The summed E-state index contributed by atoms with van der Waals surface area (Å²) < 4.78 is 19.6. The van der Waals surface area contributed by atoms with Crippen LogP contribution in [0, 0.1) is 0 Å². The van der Waals surface area contributed by atoms with Crippen LogP contribution < -0.4 is 14.8 Å². The number of allylic oxidation sites excluding steroid dienone is 1. The number of unbranched alkanes of at least 4 members (excludes halogenated alkanes) is 1. The molecule has 1 aliphatic heterocycles. The van der Waals surface area contributed by atoms with Crippen molar-refractivity contribution in [3.8, 4) is 11.5 Å². The van der Waals surface area contributed by atoms with Crippen molar-refractivity contribution in [2.45, 2.75) is 59.4 Å². The minimum atomic E-state index is -0.414. The standard InChI is InChI=1S/C28H35N3O4/c1-5-9-17-35-23-16-15-19(18-24(23)33-7-3)26-25(27(32)34-8-4)21(12-6-2)30-28-29-20-13-10-11-14-22(20)31(26)28/h10-11,13-16,18,26H,5-9,12,17H2,1-4H3,(H,29,30). The normalized spacial score (nSPS) is 15.0. The highest BCUT2D eigenvalue weighted by Gasteiger charge is 2.36. The molecular weight excluding hydrogens is 442 g/mol. The number of carbonyl (C=O) groups excluding carboxylic acids is 1. The van der Waals surface area contributed by atoms with Crippen LogP contribution in [0.2, 0.25) is 0 Å². The average Bonchev–Trinajstić information content (AvgIpc) is 3.23. The molecule has 7 heteroatoms. The van der Waals surface area contributed by atoms with Crippen molar-refractivity contribution in [1.29, 1.82) is 0 Å². The van der Waals surface area contributed by atoms with Crippen LogP contribution >= 0.6 is 0 Å². The minimum absolute atomic E-state index is 0.306. The van der Waals surface area contributed by atoms with Crippen molar-refractivity contribution >= 4 is 23.0 Å². The monoisotopic (exact) mass is 477 g/mol. The maximum atomic E-state index is 13.4. The molecule has 0 saturated carbocycles. The number of nitrogens with zero attached hydrogens (tertiary/aromatic N) is 2. The van der Waals surface area contributed by atoms with Crippen molar-refractivity contribution in [2.75, 3.05) is 25.1 Å². The Labute approximate surface area is 207 Å². The van der Waals surface area contributed by atoms with Crippen molar-refractivity contribution in [1.82, 2.24) is 9.55 Å². The summed E-state index contributed by atoms with van der Waals surface area (Å²) in [6.07, 6.45) is 3.63. The molecule has 1 N–H and O–H groups in total. The van der Waals surface area contributed by atoms with Crippen LogP contribution in [-0.4, -0.2) is 35.3 Å². The number of hydrogen-bond acceptors (Lipinski definition) is 6. The Morgan fingerprint density at radius 2 is 1.83 bits per heavy atom. The van der Waals surface area contributed by atoms with Gasteiger partial charge in [0.15, 0.2) is 11.5 Å². The second kappa shape index (κ2) is 11.3. The molecule has 1 aliphatic rings. The molecule has 2 heterocycles. The van der Waals surface area contributed by atoms with Gasteiger partial charge in [0.05, 0.1) is 42.5 Å². The van der Waals surface area contributed by atoms with E-state index < -0.39 is 6.04 Å². The highest BCUT2D eigenvalue weighted by atomic mass is 16.5. The Bertz CT molecular complexity index is 1210. The van der Waals surface area contributed by atoms with E-state index in [1.165, 1.54) is 0 Å². The number of aromatic nitrogens is 2. The largest absolute Gasteiger partial charge is 0.490 e. The third kappa shape index (κ3) is 4.99. The number of para-hydroxylation sites is 2. The lowest BCUT2D eigenvalue weighted by Crippen LogP contribution is -2.29. The van der Waals surface area contributed by atoms with Crippen LogP contribution in [0.1, 0.15) is 65.0 Å². The lowest BCUT2D eigenvalue weighted by molar-refractivity contribution is -0.139. The molecule has 1 aromatic heterocycles. The SMILES string of the molecule is CCCCOc1ccc(C2C(C(=O)OCC)=C(CCC)Nc3nc4ccccc4n32)cc1OCC. The number of carbonyl (C=O) groups is 1. The average molecular weight is 478 g/mol. The summed E-state index contributed by atoms with van der Waals surface area (Å²) in [7, 11) is 0. The molecule has 0 amide bonds. The maximum absolute atomic E-state index is 13.4. The highest BCUT2D eigenvalue weighted by molar-refractivity contribution is 5.94. The molecule has 0 fully saturated rings. The molecule has 1 unspecified atom stereocenters. The van der Waals surface area contributed by atoms with E-state index in [-0.39, 0.29) is 5.97 Å². The molecule has 0 radical (unpaired) electrons. The number of rotatable bonds is 11. The fourth-order valence-electron chi connectivity index (χ4n) is 4.51. The van der Waals surface area contributed by atoms with Crippen LogP contribution in [0.25, 0.3) is 11.0 Å². The van der Waals surface area contributed by atoms with Crippen LogP contribution in [-0.2, 0) is 9.53 Å². The summed E-state index contributed by atoms with van der Waals surface area (Å²) in [4.78, 5) is 18.2. The lowest BCUT2D eigenvalue weighted by atomic mass is 9.93. The lowest BCUT2D eigenvalue weighted by Gasteiger charge is -2.31. The summed E-state index contributed by atoms with van der Waals surface area (Å²) >= 11 is 0. The maximum Gasteiger partial charge on any atom is 0.338 e. The van der Waals surface area contributed by atoms with Gasteiger partial charge in [0, 0.05) is 5.70 Å². The Balaban J connectivity index is 1.90. The van der Waals surface area contributed by atoms with Gasteiger partial charge in [-0.15, -0.1) is 0 Å². The zero-order chi connectivity index (χ0) is 24.8. The van der Waals surface area contributed by atoms with Crippen LogP contribution in [0.4, 0.5) is 5.95 Å². The molecule has 1 atom stereocenters. The third-order valence-electron chi connectivity index (χ3n) is 6.05. The Morgan fingerprint density at radius 1 is 1.00 bits per heavy atom. The van der Waals surface area contributed by atoms with E-state index in [2.05, 4.69) is 23.7 Å². The quantitative estimate of drug-likeness (QED) is 0.260. The van der Waals surface area contributed by atoms with Gasteiger partial charge in [-0.1, -0.05) is 44.9 Å². The zero-order valence-corrected chi connectivity index (χ0v) is 21.1. The second-order valence-corrected chi connectivity index (χ2v) is 8.53. The first-order chi connectivity index (χ1) is 17.1. The third-order valence-corrected chi connectivity index (χ3v) is 6.05. The predicted molar refractivity (Wildman–Crippen MR) is 138 cm³/mol. The molecule has 35 heavy (non-hydrogen) atoms. The summed E-state index contributed by atoms with van der Waals surface area (Å²) in [5, 5.41) is 3.44. The van der Waals surface area contributed by atoms with Gasteiger partial charge in [-0.2, -0.15) is 0 Å². The number of nitrogens with one attached hydrogen (secondary N) is 1. The van der Waals surface area contributed by atoms with Gasteiger partial charge >= 0.3 is 5.97 Å². The Morgan fingerprint density at radius 3 is 2.57 bits per heavy atom. The minimum Gasteiger partial charge on any atom is -0.490 e. The van der Waals surface area contributed by atoms with E-state index in [1.54, 1.807) is 0 Å². The van der Waals surface area contributed by atoms with Crippen molar-refractivity contribution in [2.24, 2.45) is 0 Å². The van der Waals surface area contributed by atoms with Crippen LogP contribution in [0.5, 0.6) is 11.5 Å². The summed E-state index contributed by atoms with van der Waals surface area (Å²) in [5.74, 6) is 1.78. The first-order valence-corrected chi connectivity index (χ1v) is 12.7. The summed E-state index contributed by atoms with van der Waals surface area (Å²) in [6.45, 7) is 9.47. The molecule has 3 aromatic rings. The van der Waals surface area contributed by atoms with E-state index in [0.29, 0.717) is 49.3 Å². The van der Waals surface area contributed by atoms with Gasteiger partial charge in [-0.05, 0) is 56.5 Å². The second-order valence-electron chi connectivity index (χ2n) is 8.53. The van der Waals surface area contributed by atoms with Crippen molar-refractivity contribution in [3.05, 3.63) is 59.3 Å². The fraction of sp³-hybridized carbons (Fsp3) is 0.429. The summed E-state index contributed by atoms with van der Waals surface area (Å²) in [6, 6.07) is 13.5. The molecule has 4 rings (SSSR count). The van der Waals surface area contributed by atoms with Crippen LogP contribution in [0.3, 0.4) is 0 Å². The van der Waals surface area contributed by atoms with Gasteiger partial charge in [0.2, 0.25) is 5.95 Å².